The van der Waals surface area contributed by atoms with Gasteiger partial charge in [-0.05, 0) is 167 Å². The second-order valence-electron chi connectivity index (χ2n) is 19.3. The van der Waals surface area contributed by atoms with Crippen molar-refractivity contribution in [1.29, 1.82) is 0 Å². The molecular weight excluding hydrogens is 893 g/mol. The first-order valence-corrected chi connectivity index (χ1v) is 25.5. The number of benzene rings is 13. The molecule has 2 nitrogen and oxygen atoms in total. The SMILES string of the molecule is c1ccc(-c2c(-c3ccccc3)c3cc(-c4cccc(N(c5ccc(-c6ccc7ccccc7c6)cc5)c5cccc(-c6ccc7c(c6)c6ccccc6n7-c6ccccc6)c5)c4)ccc3c3ccccc23)cc1. The molecule has 14 rings (SSSR count). The summed E-state index contributed by atoms with van der Waals surface area (Å²) in [7, 11) is 0. The van der Waals surface area contributed by atoms with Crippen molar-refractivity contribution in [3.8, 4) is 61.3 Å². The Morgan fingerprint density at radius 1 is 0.216 bits per heavy atom. The maximum Gasteiger partial charge on any atom is 0.0541 e. The average Bonchev–Trinajstić information content (AvgIpc) is 3.82. The van der Waals surface area contributed by atoms with Gasteiger partial charge in [-0.3, -0.25) is 0 Å². The molecule has 1 heterocycles. The molecule has 14 aromatic rings. The van der Waals surface area contributed by atoms with Crippen molar-refractivity contribution in [1.82, 2.24) is 4.57 Å². The Morgan fingerprint density at radius 3 is 1.36 bits per heavy atom. The lowest BCUT2D eigenvalue weighted by molar-refractivity contribution is 1.18. The largest absolute Gasteiger partial charge is 0.310 e. The van der Waals surface area contributed by atoms with Crippen LogP contribution in [0.2, 0.25) is 0 Å². The lowest BCUT2D eigenvalue weighted by atomic mass is 9.84. The highest BCUT2D eigenvalue weighted by molar-refractivity contribution is 6.22. The quantitative estimate of drug-likeness (QED) is 0.131. The van der Waals surface area contributed by atoms with Gasteiger partial charge in [0.1, 0.15) is 0 Å². The first-order valence-electron chi connectivity index (χ1n) is 25.5. The molecule has 0 N–H and O–H groups in total. The average molecular weight is 941 g/mol. The molecule has 0 aliphatic heterocycles. The van der Waals surface area contributed by atoms with Gasteiger partial charge in [0.25, 0.3) is 0 Å². The fraction of sp³-hybridized carbons (Fsp3) is 0. The third kappa shape index (κ3) is 7.52. The summed E-state index contributed by atoms with van der Waals surface area (Å²) in [6.07, 6.45) is 0. The van der Waals surface area contributed by atoms with Crippen LogP contribution in [0.15, 0.2) is 291 Å². The fourth-order valence-corrected chi connectivity index (χ4v) is 11.5. The third-order valence-corrected chi connectivity index (χ3v) is 14.9. The standard InChI is InChI=1S/C72H48N2/c1-4-19-51(20-5-1)71-66-32-13-12-30-63(66)64-42-38-57(48-68(64)72(71)52-21-6-2-7-22-52)54-24-16-28-61(45-54)73(60-40-36-50(37-41-60)56-35-34-49-18-10-11-23-53(49)44-56)62-29-17-25-55(46-62)58-39-43-70-67(47-58)65-31-14-15-33-69(65)74(70)59-26-8-3-9-27-59/h1-48H. The monoisotopic (exact) mass is 940 g/mol. The van der Waals surface area contributed by atoms with Crippen LogP contribution < -0.4 is 4.90 Å². The normalized spacial score (nSPS) is 11.5. The zero-order valence-corrected chi connectivity index (χ0v) is 40.6. The van der Waals surface area contributed by atoms with Crippen LogP contribution >= 0.6 is 0 Å². The van der Waals surface area contributed by atoms with Crippen molar-refractivity contribution in [2.45, 2.75) is 0 Å². The van der Waals surface area contributed by atoms with Crippen LogP contribution in [0.1, 0.15) is 0 Å². The second-order valence-corrected chi connectivity index (χ2v) is 19.3. The number of nitrogens with zero attached hydrogens (tertiary/aromatic N) is 2. The third-order valence-electron chi connectivity index (χ3n) is 14.9. The molecule has 0 spiro atoms. The van der Waals surface area contributed by atoms with E-state index in [2.05, 4.69) is 301 Å². The van der Waals surface area contributed by atoms with Crippen LogP contribution in [0.5, 0.6) is 0 Å². The van der Waals surface area contributed by atoms with E-state index in [1.54, 1.807) is 0 Å². The Bertz CT molecular complexity index is 4400. The second kappa shape index (κ2) is 18.1. The van der Waals surface area contributed by atoms with Crippen molar-refractivity contribution in [2.24, 2.45) is 0 Å². The molecule has 0 aliphatic carbocycles. The van der Waals surface area contributed by atoms with Gasteiger partial charge >= 0.3 is 0 Å². The summed E-state index contributed by atoms with van der Waals surface area (Å²) >= 11 is 0. The van der Waals surface area contributed by atoms with E-state index in [1.807, 2.05) is 0 Å². The van der Waals surface area contributed by atoms with E-state index in [9.17, 15) is 0 Å². The van der Waals surface area contributed by atoms with Gasteiger partial charge in [0.2, 0.25) is 0 Å². The summed E-state index contributed by atoms with van der Waals surface area (Å²) in [6.45, 7) is 0. The zero-order chi connectivity index (χ0) is 49.0. The lowest BCUT2D eigenvalue weighted by Crippen LogP contribution is -2.10. The molecule has 74 heavy (non-hydrogen) atoms. The molecule has 0 unspecified atom stereocenters. The number of anilines is 3. The molecule has 2 heteroatoms. The molecule has 0 radical (unpaired) electrons. The summed E-state index contributed by atoms with van der Waals surface area (Å²) in [5, 5.41) is 9.93. The van der Waals surface area contributed by atoms with Gasteiger partial charge in [0.05, 0.1) is 11.0 Å². The number of hydrogen-bond acceptors (Lipinski definition) is 1. The van der Waals surface area contributed by atoms with Crippen LogP contribution in [0.3, 0.4) is 0 Å². The van der Waals surface area contributed by atoms with E-state index >= 15 is 0 Å². The molecule has 0 saturated carbocycles. The van der Waals surface area contributed by atoms with Crippen LogP contribution in [0.4, 0.5) is 17.1 Å². The predicted molar refractivity (Wildman–Crippen MR) is 315 cm³/mol. The molecule has 0 saturated heterocycles. The number of fused-ring (bicyclic) bond motifs is 7. The van der Waals surface area contributed by atoms with Crippen molar-refractivity contribution in [3.63, 3.8) is 0 Å². The van der Waals surface area contributed by atoms with E-state index in [0.29, 0.717) is 0 Å². The predicted octanol–water partition coefficient (Wildman–Crippen LogP) is 20.0. The summed E-state index contributed by atoms with van der Waals surface area (Å²) in [6, 6.07) is 107. The Kier molecular flexibility index (Phi) is 10.6. The van der Waals surface area contributed by atoms with Crippen LogP contribution in [0.25, 0.3) is 115 Å². The molecule has 0 aliphatic rings. The van der Waals surface area contributed by atoms with Gasteiger partial charge in [-0.15, -0.1) is 0 Å². The van der Waals surface area contributed by atoms with Gasteiger partial charge in [0.15, 0.2) is 0 Å². The van der Waals surface area contributed by atoms with Crippen LogP contribution in [-0.2, 0) is 0 Å². The van der Waals surface area contributed by atoms with Gasteiger partial charge in [-0.25, -0.2) is 0 Å². The topological polar surface area (TPSA) is 8.17 Å². The highest BCUT2D eigenvalue weighted by Gasteiger charge is 2.20. The van der Waals surface area contributed by atoms with E-state index in [4.69, 9.17) is 0 Å². The van der Waals surface area contributed by atoms with Gasteiger partial charge in [-0.1, -0.05) is 212 Å². The minimum absolute atomic E-state index is 1.08. The number of para-hydroxylation sites is 2. The smallest absolute Gasteiger partial charge is 0.0541 e. The van der Waals surface area contributed by atoms with Crippen molar-refractivity contribution >= 4 is 71.2 Å². The highest BCUT2D eigenvalue weighted by Crippen LogP contribution is 2.47. The minimum Gasteiger partial charge on any atom is -0.310 e. The molecule has 0 atom stereocenters. The van der Waals surface area contributed by atoms with Crippen LogP contribution in [-0.4, -0.2) is 4.57 Å². The van der Waals surface area contributed by atoms with Crippen LogP contribution in [0, 0.1) is 0 Å². The molecule has 0 bridgehead atoms. The van der Waals surface area contributed by atoms with Gasteiger partial charge < -0.3 is 9.47 Å². The molecule has 346 valence electrons. The van der Waals surface area contributed by atoms with Gasteiger partial charge in [0, 0.05) is 33.5 Å². The minimum atomic E-state index is 1.08. The molecule has 13 aromatic carbocycles. The molecule has 0 fully saturated rings. The Morgan fingerprint density at radius 2 is 0.676 bits per heavy atom. The maximum atomic E-state index is 2.42. The number of rotatable bonds is 9. The summed E-state index contributed by atoms with van der Waals surface area (Å²) < 4.78 is 2.38. The highest BCUT2D eigenvalue weighted by atomic mass is 15.1. The van der Waals surface area contributed by atoms with E-state index < -0.39 is 0 Å². The molecule has 1 aromatic heterocycles. The Balaban J connectivity index is 0.923. The molecule has 0 amide bonds. The first kappa shape index (κ1) is 43.1. The summed E-state index contributed by atoms with van der Waals surface area (Å²) in [5.74, 6) is 0. The van der Waals surface area contributed by atoms with Crippen molar-refractivity contribution in [3.05, 3.63) is 291 Å². The van der Waals surface area contributed by atoms with Crippen molar-refractivity contribution in [2.75, 3.05) is 4.90 Å². The fourth-order valence-electron chi connectivity index (χ4n) is 11.5. The summed E-state index contributed by atoms with van der Waals surface area (Å²) in [5.41, 5.74) is 18.7. The number of hydrogen-bond donors (Lipinski definition) is 0. The van der Waals surface area contributed by atoms with E-state index in [1.165, 1.54) is 93.1 Å². The van der Waals surface area contributed by atoms with Gasteiger partial charge in [-0.2, -0.15) is 0 Å². The summed E-state index contributed by atoms with van der Waals surface area (Å²) in [4.78, 5) is 2.41. The van der Waals surface area contributed by atoms with E-state index in [-0.39, 0.29) is 0 Å². The van der Waals surface area contributed by atoms with Crippen molar-refractivity contribution < 1.29 is 0 Å². The first-order chi connectivity index (χ1) is 36.7. The van der Waals surface area contributed by atoms with E-state index in [0.717, 1.165) is 39.4 Å². The maximum absolute atomic E-state index is 2.42. The zero-order valence-electron chi connectivity index (χ0n) is 40.6. The molecular formula is C72H48N2. The number of aromatic nitrogens is 1. The lowest BCUT2D eigenvalue weighted by Gasteiger charge is -2.27. The Labute approximate surface area is 430 Å². The Hall–Kier alpha value is -9.76.